The first-order valence-electron chi connectivity index (χ1n) is 11.2. The van der Waals surface area contributed by atoms with E-state index in [0.717, 1.165) is 11.1 Å². The van der Waals surface area contributed by atoms with E-state index in [9.17, 15) is 14.4 Å². The van der Waals surface area contributed by atoms with Crippen molar-refractivity contribution < 1.29 is 19.1 Å². The number of ether oxygens (including phenoxy) is 2. The third-order valence-electron chi connectivity index (χ3n) is 6.83. The number of fused-ring (bicyclic) bond motifs is 4. The highest BCUT2D eigenvalue weighted by Crippen LogP contribution is 2.54. The van der Waals surface area contributed by atoms with Crippen LogP contribution in [0.25, 0.3) is 0 Å². The van der Waals surface area contributed by atoms with Gasteiger partial charge in [0.15, 0.2) is 0 Å². The molecule has 1 spiro atoms. The van der Waals surface area contributed by atoms with E-state index in [0.29, 0.717) is 16.9 Å². The number of aryl methyl sites for hydroxylation is 2. The highest BCUT2D eigenvalue weighted by atomic mass is 16.5. The zero-order chi connectivity index (χ0) is 25.1. The number of hydrogen-bond donors (Lipinski definition) is 1. The number of rotatable bonds is 3. The van der Waals surface area contributed by atoms with Gasteiger partial charge in [-0.2, -0.15) is 0 Å². The second-order valence-electron chi connectivity index (χ2n) is 8.87. The summed E-state index contributed by atoms with van der Waals surface area (Å²) in [7, 11) is 2.82. The molecule has 1 atom stereocenters. The van der Waals surface area contributed by atoms with Gasteiger partial charge < -0.3 is 24.7 Å². The molecule has 2 N–H and O–H groups in total. The molecule has 0 bridgehead atoms. The van der Waals surface area contributed by atoms with Crippen LogP contribution in [0.1, 0.15) is 27.9 Å². The van der Waals surface area contributed by atoms with Gasteiger partial charge in [0.1, 0.15) is 16.7 Å². The summed E-state index contributed by atoms with van der Waals surface area (Å²) < 4.78 is 12.3. The SMILES string of the molecule is COC(=O)C1=C(N)Oc2cc(C)n(C)c(=O)c2[C@]12C(=O)N(Cc1cccc(C)c1)c1ccccc12. The lowest BCUT2D eigenvalue weighted by molar-refractivity contribution is -0.138. The first kappa shape index (κ1) is 22.5. The van der Waals surface area contributed by atoms with Crippen molar-refractivity contribution in [1.82, 2.24) is 4.57 Å². The lowest BCUT2D eigenvalue weighted by Gasteiger charge is -2.35. The van der Waals surface area contributed by atoms with E-state index < -0.39 is 22.9 Å². The number of methoxy groups -OCH3 is 1. The average molecular weight is 472 g/mol. The Bertz CT molecular complexity index is 1500. The topological polar surface area (TPSA) is 104 Å². The summed E-state index contributed by atoms with van der Waals surface area (Å²) in [5.41, 5.74) is 7.51. The molecule has 2 aliphatic rings. The Morgan fingerprint density at radius 1 is 1.09 bits per heavy atom. The number of nitrogens with two attached hydrogens (primary N) is 1. The van der Waals surface area contributed by atoms with Crippen LogP contribution in [0.4, 0.5) is 5.69 Å². The van der Waals surface area contributed by atoms with Crippen LogP contribution in [0, 0.1) is 13.8 Å². The van der Waals surface area contributed by atoms with E-state index in [1.807, 2.05) is 37.3 Å². The average Bonchev–Trinajstić information content (AvgIpc) is 3.06. The Labute approximate surface area is 202 Å². The van der Waals surface area contributed by atoms with Crippen LogP contribution in [0.2, 0.25) is 0 Å². The molecular formula is C27H25N3O5. The number of esters is 1. The van der Waals surface area contributed by atoms with Gasteiger partial charge in [-0.3, -0.25) is 9.59 Å². The third kappa shape index (κ3) is 3.02. The maximum atomic E-state index is 14.5. The lowest BCUT2D eigenvalue weighted by Crippen LogP contribution is -2.51. The maximum absolute atomic E-state index is 14.5. The van der Waals surface area contributed by atoms with Gasteiger partial charge in [-0.05, 0) is 25.5 Å². The standard InChI is InChI=1S/C27H25N3O5/c1-15-8-7-9-17(12-15)14-30-19-11-6-5-10-18(19)27(26(30)33)21-20(13-16(2)29(3)24(21)31)35-23(28)22(27)25(32)34-4/h5-13H,14,28H2,1-4H3/t27-/m0/s1. The second-order valence-corrected chi connectivity index (χ2v) is 8.87. The van der Waals surface area contributed by atoms with Crippen LogP contribution in [0.3, 0.4) is 0 Å². The smallest absolute Gasteiger partial charge is 0.340 e. The molecule has 2 aromatic carbocycles. The van der Waals surface area contributed by atoms with Gasteiger partial charge in [-0.15, -0.1) is 0 Å². The number of carbonyl (C=O) groups excluding carboxylic acids is 2. The number of carbonyl (C=O) groups is 2. The molecule has 0 fully saturated rings. The number of para-hydroxylation sites is 1. The summed E-state index contributed by atoms with van der Waals surface area (Å²) >= 11 is 0. The number of amides is 1. The van der Waals surface area contributed by atoms with E-state index in [4.69, 9.17) is 15.2 Å². The maximum Gasteiger partial charge on any atom is 0.340 e. The van der Waals surface area contributed by atoms with Crippen molar-refractivity contribution in [2.75, 3.05) is 12.0 Å². The molecule has 8 nitrogen and oxygen atoms in total. The zero-order valence-electron chi connectivity index (χ0n) is 19.9. The van der Waals surface area contributed by atoms with E-state index in [1.165, 1.54) is 11.7 Å². The third-order valence-corrected chi connectivity index (χ3v) is 6.83. The van der Waals surface area contributed by atoms with Gasteiger partial charge in [0.25, 0.3) is 5.56 Å². The summed E-state index contributed by atoms with van der Waals surface area (Å²) in [5, 5.41) is 0. The summed E-state index contributed by atoms with van der Waals surface area (Å²) in [4.78, 5) is 43.0. The van der Waals surface area contributed by atoms with Crippen LogP contribution >= 0.6 is 0 Å². The first-order chi connectivity index (χ1) is 16.7. The summed E-state index contributed by atoms with van der Waals surface area (Å²) in [5.74, 6) is -1.42. The lowest BCUT2D eigenvalue weighted by atomic mass is 9.68. The first-order valence-corrected chi connectivity index (χ1v) is 11.2. The molecule has 5 rings (SSSR count). The number of benzene rings is 2. The van der Waals surface area contributed by atoms with Crippen LogP contribution < -0.4 is 20.9 Å². The van der Waals surface area contributed by atoms with Gasteiger partial charge in [0.2, 0.25) is 11.8 Å². The van der Waals surface area contributed by atoms with E-state index in [1.54, 1.807) is 43.1 Å². The highest BCUT2D eigenvalue weighted by Gasteiger charge is 2.62. The minimum Gasteiger partial charge on any atom is -0.465 e. The molecule has 3 heterocycles. The van der Waals surface area contributed by atoms with Gasteiger partial charge >= 0.3 is 5.97 Å². The molecular weight excluding hydrogens is 446 g/mol. The molecule has 0 saturated heterocycles. The Kier molecular flexibility index (Phi) is 5.05. The normalized spacial score (nSPS) is 18.4. The van der Waals surface area contributed by atoms with E-state index in [-0.39, 0.29) is 29.3 Å². The monoisotopic (exact) mass is 471 g/mol. The minimum atomic E-state index is -1.81. The van der Waals surface area contributed by atoms with E-state index >= 15 is 0 Å². The van der Waals surface area contributed by atoms with Crippen LogP contribution in [-0.4, -0.2) is 23.6 Å². The fourth-order valence-electron chi connectivity index (χ4n) is 5.14. The number of aromatic nitrogens is 1. The molecule has 1 aromatic heterocycles. The Balaban J connectivity index is 1.86. The fourth-order valence-corrected chi connectivity index (χ4v) is 5.14. The predicted molar refractivity (Wildman–Crippen MR) is 130 cm³/mol. The van der Waals surface area contributed by atoms with Gasteiger partial charge in [-0.25, -0.2) is 4.79 Å². The van der Waals surface area contributed by atoms with Crippen molar-refractivity contribution in [2.24, 2.45) is 12.8 Å². The van der Waals surface area contributed by atoms with Crippen molar-refractivity contribution in [3.8, 4) is 5.75 Å². The van der Waals surface area contributed by atoms with Gasteiger partial charge in [-0.1, -0.05) is 48.0 Å². The molecule has 3 aromatic rings. The number of nitrogens with zero attached hydrogens (tertiary/aromatic N) is 2. The molecule has 0 radical (unpaired) electrons. The Morgan fingerprint density at radius 3 is 2.54 bits per heavy atom. The summed E-state index contributed by atoms with van der Waals surface area (Å²) in [6.45, 7) is 3.97. The van der Waals surface area contributed by atoms with Gasteiger partial charge in [0, 0.05) is 30.1 Å². The van der Waals surface area contributed by atoms with Crippen LogP contribution in [0.15, 0.2) is 70.8 Å². The molecule has 0 unspecified atom stereocenters. The second kappa shape index (κ2) is 7.87. The quantitative estimate of drug-likeness (QED) is 0.589. The van der Waals surface area contributed by atoms with Crippen molar-refractivity contribution in [3.63, 3.8) is 0 Å². The minimum absolute atomic E-state index is 0.0457. The zero-order valence-corrected chi connectivity index (χ0v) is 19.9. The molecule has 0 saturated carbocycles. The predicted octanol–water partition coefficient (Wildman–Crippen LogP) is 2.57. The van der Waals surface area contributed by atoms with Crippen molar-refractivity contribution in [1.29, 1.82) is 0 Å². The molecule has 178 valence electrons. The van der Waals surface area contributed by atoms with Crippen molar-refractivity contribution >= 4 is 17.6 Å². The van der Waals surface area contributed by atoms with Crippen molar-refractivity contribution in [2.45, 2.75) is 25.8 Å². The highest BCUT2D eigenvalue weighted by molar-refractivity contribution is 6.18. The number of hydrogen-bond acceptors (Lipinski definition) is 6. The molecule has 0 aliphatic carbocycles. The molecule has 1 amide bonds. The number of anilines is 1. The Morgan fingerprint density at radius 2 is 1.83 bits per heavy atom. The van der Waals surface area contributed by atoms with E-state index in [2.05, 4.69) is 0 Å². The molecule has 35 heavy (non-hydrogen) atoms. The summed E-state index contributed by atoms with van der Waals surface area (Å²) in [6, 6.07) is 16.6. The molecule has 8 heteroatoms. The van der Waals surface area contributed by atoms with Crippen LogP contribution in [-0.2, 0) is 33.3 Å². The number of pyridine rings is 1. The largest absolute Gasteiger partial charge is 0.465 e. The summed E-state index contributed by atoms with van der Waals surface area (Å²) in [6.07, 6.45) is 0. The molecule has 2 aliphatic heterocycles. The fraction of sp³-hybridized carbons (Fsp3) is 0.222. The van der Waals surface area contributed by atoms with Crippen LogP contribution in [0.5, 0.6) is 5.75 Å². The van der Waals surface area contributed by atoms with Gasteiger partial charge in [0.05, 0.1) is 19.2 Å². The van der Waals surface area contributed by atoms with Crippen molar-refractivity contribution in [3.05, 3.63) is 104 Å². The Hall–Kier alpha value is -4.33.